The Balaban J connectivity index is 1.47. The highest BCUT2D eigenvalue weighted by Crippen LogP contribution is 2.30. The quantitative estimate of drug-likeness (QED) is 0.450. The average molecular weight is 519 g/mol. The second-order valence-electron chi connectivity index (χ2n) is 7.82. The number of amides is 4. The molecule has 4 rings (SSSR count). The molecule has 36 heavy (non-hydrogen) atoms. The van der Waals surface area contributed by atoms with Crippen molar-refractivity contribution in [3.05, 3.63) is 83.0 Å². The molecule has 0 radical (unpaired) electrons. The number of benzene rings is 2. The zero-order valence-electron chi connectivity index (χ0n) is 18.6. The third-order valence-corrected chi connectivity index (χ3v) is 5.55. The fourth-order valence-corrected chi connectivity index (χ4v) is 3.79. The molecule has 0 saturated carbocycles. The van der Waals surface area contributed by atoms with Crippen LogP contribution in [0.5, 0.6) is 5.75 Å². The minimum absolute atomic E-state index is 0.0278. The second-order valence-corrected chi connectivity index (χ2v) is 8.25. The molecule has 12 heteroatoms. The van der Waals surface area contributed by atoms with Crippen LogP contribution in [0, 0.1) is 0 Å². The Morgan fingerprint density at radius 2 is 1.83 bits per heavy atom. The number of carbonyl (C=O) groups excluding carboxylic acids is 3. The Hall–Kier alpha value is -4.12. The van der Waals surface area contributed by atoms with Crippen LogP contribution in [0.15, 0.2) is 66.9 Å². The van der Waals surface area contributed by atoms with E-state index in [1.165, 1.54) is 29.3 Å². The number of aromatic nitrogens is 1. The third kappa shape index (κ3) is 5.57. The number of hydrogen-bond acceptors (Lipinski definition) is 5. The lowest BCUT2D eigenvalue weighted by molar-refractivity contribution is -0.274. The molecular weight excluding hydrogens is 501 g/mol. The predicted octanol–water partition coefficient (Wildman–Crippen LogP) is 5.24. The van der Waals surface area contributed by atoms with Crippen LogP contribution in [0.25, 0.3) is 0 Å². The number of hydrogen-bond donors (Lipinski definition) is 1. The molecule has 1 saturated heterocycles. The molecule has 0 aliphatic carbocycles. The molecule has 1 fully saturated rings. The van der Waals surface area contributed by atoms with E-state index in [0.717, 1.165) is 17.0 Å². The number of urea groups is 1. The summed E-state index contributed by atoms with van der Waals surface area (Å²) in [5, 5.41) is 3.06. The molecule has 1 N–H and O–H groups in total. The monoisotopic (exact) mass is 518 g/mol. The summed E-state index contributed by atoms with van der Waals surface area (Å²) in [5.41, 5.74) is 1.04. The van der Waals surface area contributed by atoms with E-state index in [0.29, 0.717) is 16.1 Å². The zero-order valence-corrected chi connectivity index (χ0v) is 19.4. The predicted molar refractivity (Wildman–Crippen MR) is 125 cm³/mol. The first-order chi connectivity index (χ1) is 17.0. The normalized spacial score (nSPS) is 15.9. The van der Waals surface area contributed by atoms with E-state index in [4.69, 9.17) is 11.6 Å². The van der Waals surface area contributed by atoms with Crippen molar-refractivity contribution in [3.63, 3.8) is 0 Å². The number of carbonyl (C=O) groups is 3. The first-order valence-corrected chi connectivity index (χ1v) is 10.9. The molecule has 1 aliphatic heterocycles. The van der Waals surface area contributed by atoms with Crippen molar-refractivity contribution in [3.8, 4) is 5.75 Å². The first-order valence-electron chi connectivity index (χ1n) is 10.5. The van der Waals surface area contributed by atoms with Gasteiger partial charge < -0.3 is 15.0 Å². The SMILES string of the molecule is CC1C(=O)N(c2ccc(OC(F)(F)F)cc2)C(=O)N1Cc1ccnc(NC(=O)c2cccc(Cl)c2)c1. The van der Waals surface area contributed by atoms with Gasteiger partial charge in [0.05, 0.1) is 5.69 Å². The Morgan fingerprint density at radius 3 is 2.50 bits per heavy atom. The summed E-state index contributed by atoms with van der Waals surface area (Å²) in [6.07, 6.45) is -3.41. The lowest BCUT2D eigenvalue weighted by Gasteiger charge is -2.20. The van der Waals surface area contributed by atoms with Gasteiger partial charge in [0.15, 0.2) is 0 Å². The van der Waals surface area contributed by atoms with Gasteiger partial charge in [0.1, 0.15) is 17.6 Å². The third-order valence-electron chi connectivity index (χ3n) is 5.32. The van der Waals surface area contributed by atoms with Crippen LogP contribution in [0.2, 0.25) is 5.02 Å². The first kappa shape index (κ1) is 25.0. The van der Waals surface area contributed by atoms with E-state index < -0.39 is 36.0 Å². The summed E-state index contributed by atoms with van der Waals surface area (Å²) in [6, 6.07) is 12.5. The molecule has 1 unspecified atom stereocenters. The molecule has 2 aromatic carbocycles. The van der Waals surface area contributed by atoms with E-state index in [1.54, 1.807) is 37.3 Å². The summed E-state index contributed by atoms with van der Waals surface area (Å²) in [5.74, 6) is -1.19. The van der Waals surface area contributed by atoms with E-state index in [1.807, 2.05) is 0 Å². The van der Waals surface area contributed by atoms with E-state index in [9.17, 15) is 27.6 Å². The molecule has 1 aromatic heterocycles. The zero-order chi connectivity index (χ0) is 26.0. The number of rotatable bonds is 6. The van der Waals surface area contributed by atoms with Crippen molar-refractivity contribution in [2.75, 3.05) is 10.2 Å². The van der Waals surface area contributed by atoms with Gasteiger partial charge in [-0.25, -0.2) is 14.7 Å². The molecule has 1 aliphatic rings. The number of pyridine rings is 1. The number of nitrogens with zero attached hydrogens (tertiary/aromatic N) is 3. The van der Waals surface area contributed by atoms with Crippen LogP contribution in [0.1, 0.15) is 22.8 Å². The van der Waals surface area contributed by atoms with Gasteiger partial charge in [-0.05, 0) is 67.1 Å². The molecule has 3 aromatic rings. The molecule has 186 valence electrons. The average Bonchev–Trinajstić information content (AvgIpc) is 3.02. The van der Waals surface area contributed by atoms with Crippen LogP contribution in [0.4, 0.5) is 29.5 Å². The number of nitrogens with one attached hydrogen (secondary N) is 1. The number of imide groups is 1. The van der Waals surface area contributed by atoms with E-state index >= 15 is 0 Å². The highest BCUT2D eigenvalue weighted by molar-refractivity contribution is 6.31. The summed E-state index contributed by atoms with van der Waals surface area (Å²) >= 11 is 5.92. The smallest absolute Gasteiger partial charge is 0.406 e. The van der Waals surface area contributed by atoms with Gasteiger partial charge in [-0.15, -0.1) is 13.2 Å². The second kappa shape index (κ2) is 9.86. The van der Waals surface area contributed by atoms with Gasteiger partial charge >= 0.3 is 12.4 Å². The molecule has 2 heterocycles. The highest BCUT2D eigenvalue weighted by Gasteiger charge is 2.43. The Morgan fingerprint density at radius 1 is 1.11 bits per heavy atom. The van der Waals surface area contributed by atoms with Crippen molar-refractivity contribution in [2.24, 2.45) is 0 Å². The summed E-state index contributed by atoms with van der Waals surface area (Å²) in [6.45, 7) is 1.57. The lowest BCUT2D eigenvalue weighted by Crippen LogP contribution is -2.33. The largest absolute Gasteiger partial charge is 0.573 e. The van der Waals surface area contributed by atoms with Gasteiger partial charge in [-0.3, -0.25) is 9.59 Å². The molecule has 0 bridgehead atoms. The van der Waals surface area contributed by atoms with Gasteiger partial charge in [-0.1, -0.05) is 17.7 Å². The maximum absolute atomic E-state index is 13.0. The van der Waals surface area contributed by atoms with Crippen molar-refractivity contribution in [1.82, 2.24) is 9.88 Å². The lowest BCUT2D eigenvalue weighted by atomic mass is 10.2. The van der Waals surface area contributed by atoms with E-state index in [2.05, 4.69) is 15.0 Å². The van der Waals surface area contributed by atoms with Crippen molar-refractivity contribution < 1.29 is 32.3 Å². The van der Waals surface area contributed by atoms with Gasteiger partial charge in [0, 0.05) is 23.3 Å². The summed E-state index contributed by atoms with van der Waals surface area (Å²) in [7, 11) is 0. The Kier molecular flexibility index (Phi) is 6.84. The van der Waals surface area contributed by atoms with Crippen LogP contribution < -0.4 is 15.0 Å². The molecule has 1 atom stereocenters. The van der Waals surface area contributed by atoms with Crippen LogP contribution in [-0.2, 0) is 11.3 Å². The fraction of sp³-hybridized carbons (Fsp3) is 0.167. The van der Waals surface area contributed by atoms with Crippen LogP contribution >= 0.6 is 11.6 Å². The van der Waals surface area contributed by atoms with E-state index in [-0.39, 0.29) is 18.1 Å². The van der Waals surface area contributed by atoms with Gasteiger partial charge in [-0.2, -0.15) is 0 Å². The highest BCUT2D eigenvalue weighted by atomic mass is 35.5. The molecule has 8 nitrogen and oxygen atoms in total. The molecule has 4 amide bonds. The number of anilines is 2. The maximum Gasteiger partial charge on any atom is 0.573 e. The summed E-state index contributed by atoms with van der Waals surface area (Å²) < 4.78 is 41.0. The topological polar surface area (TPSA) is 91.8 Å². The molecule has 0 spiro atoms. The minimum Gasteiger partial charge on any atom is -0.406 e. The van der Waals surface area contributed by atoms with Crippen molar-refractivity contribution >= 4 is 41.0 Å². The maximum atomic E-state index is 13.0. The Bertz CT molecular complexity index is 1320. The number of halogens is 4. The number of alkyl halides is 3. The number of ether oxygens (including phenoxy) is 1. The summed E-state index contributed by atoms with van der Waals surface area (Å²) in [4.78, 5) is 44.6. The Labute approximate surface area is 208 Å². The standard InChI is InChI=1S/C24H18ClF3N4O4/c1-14-22(34)32(18-5-7-19(8-6-18)36-24(26,27)28)23(35)31(14)13-15-9-10-29-20(11-15)30-21(33)16-3-2-4-17(25)12-16/h2-12,14H,13H2,1H3,(H,29,30,33). The van der Waals surface area contributed by atoms with Gasteiger partial charge in [0.2, 0.25) is 0 Å². The fourth-order valence-electron chi connectivity index (χ4n) is 3.60. The van der Waals surface area contributed by atoms with Gasteiger partial charge in [0.25, 0.3) is 11.8 Å². The molecular formula is C24H18ClF3N4O4. The van der Waals surface area contributed by atoms with Crippen molar-refractivity contribution in [2.45, 2.75) is 25.9 Å². The van der Waals surface area contributed by atoms with Crippen molar-refractivity contribution in [1.29, 1.82) is 0 Å². The minimum atomic E-state index is -4.86. The van der Waals surface area contributed by atoms with Crippen LogP contribution in [0.3, 0.4) is 0 Å². The van der Waals surface area contributed by atoms with Crippen LogP contribution in [-0.4, -0.2) is 40.1 Å².